The smallest absolute Gasteiger partial charge is 0.342 e. The number of halogens is 1. The number of piperidine rings is 1. The number of carboxylic acid groups (broad SMARTS) is 1. The standard InChI is InChI=1S/C9H16FNO2/c1-7(2)11-5-3-4-9(10,6-11)8(12)13/h7H,3-6H2,1-2H3,(H,12,13). The molecule has 0 aromatic heterocycles. The molecule has 4 heteroatoms. The second-order valence-electron chi connectivity index (χ2n) is 3.94. The molecule has 0 amide bonds. The number of aliphatic carboxylic acids is 1. The Kier molecular flexibility index (Phi) is 2.91. The van der Waals surface area contributed by atoms with Gasteiger partial charge < -0.3 is 5.11 Å². The Hall–Kier alpha value is -0.640. The van der Waals surface area contributed by atoms with E-state index in [0.29, 0.717) is 6.42 Å². The van der Waals surface area contributed by atoms with Crippen LogP contribution >= 0.6 is 0 Å². The van der Waals surface area contributed by atoms with Gasteiger partial charge in [-0.3, -0.25) is 4.90 Å². The van der Waals surface area contributed by atoms with Crippen molar-refractivity contribution in [2.45, 2.75) is 38.4 Å². The molecule has 1 atom stereocenters. The molecule has 1 unspecified atom stereocenters. The minimum atomic E-state index is -2.03. The Labute approximate surface area is 77.5 Å². The summed E-state index contributed by atoms with van der Waals surface area (Å²) in [6.45, 7) is 4.73. The van der Waals surface area contributed by atoms with Gasteiger partial charge in [0.2, 0.25) is 5.67 Å². The first kappa shape index (κ1) is 10.4. The highest BCUT2D eigenvalue weighted by molar-refractivity contribution is 5.77. The molecule has 1 fully saturated rings. The summed E-state index contributed by atoms with van der Waals surface area (Å²) in [5.74, 6) is -1.32. The molecule has 0 saturated carbocycles. The Bertz CT molecular complexity index is 208. The molecule has 1 aliphatic heterocycles. The number of nitrogens with zero attached hydrogens (tertiary/aromatic N) is 1. The highest BCUT2D eigenvalue weighted by Gasteiger charge is 2.43. The van der Waals surface area contributed by atoms with Crippen LogP contribution in [-0.4, -0.2) is 40.8 Å². The third kappa shape index (κ3) is 2.18. The molecule has 0 radical (unpaired) electrons. The third-order valence-electron chi connectivity index (χ3n) is 2.59. The summed E-state index contributed by atoms with van der Waals surface area (Å²) in [6.07, 6.45) is 0.770. The molecule has 1 saturated heterocycles. The van der Waals surface area contributed by atoms with Crippen molar-refractivity contribution in [1.82, 2.24) is 4.90 Å². The van der Waals surface area contributed by atoms with E-state index >= 15 is 0 Å². The molecule has 76 valence electrons. The van der Waals surface area contributed by atoms with Gasteiger partial charge in [0, 0.05) is 12.6 Å². The largest absolute Gasteiger partial charge is 0.479 e. The van der Waals surface area contributed by atoms with Crippen molar-refractivity contribution in [3.63, 3.8) is 0 Å². The fraction of sp³-hybridized carbons (Fsp3) is 0.889. The number of carbonyl (C=O) groups is 1. The Morgan fingerprint density at radius 1 is 1.62 bits per heavy atom. The van der Waals surface area contributed by atoms with Gasteiger partial charge in [-0.25, -0.2) is 9.18 Å². The lowest BCUT2D eigenvalue weighted by atomic mass is 9.94. The summed E-state index contributed by atoms with van der Waals surface area (Å²) >= 11 is 0. The van der Waals surface area contributed by atoms with E-state index in [1.165, 1.54) is 0 Å². The number of likely N-dealkylation sites (tertiary alicyclic amines) is 1. The minimum Gasteiger partial charge on any atom is -0.479 e. The van der Waals surface area contributed by atoms with Gasteiger partial charge in [-0.1, -0.05) is 0 Å². The Morgan fingerprint density at radius 2 is 2.23 bits per heavy atom. The maximum Gasteiger partial charge on any atom is 0.342 e. The zero-order valence-electron chi connectivity index (χ0n) is 8.09. The third-order valence-corrected chi connectivity index (χ3v) is 2.59. The van der Waals surface area contributed by atoms with Crippen molar-refractivity contribution in [2.24, 2.45) is 0 Å². The first-order chi connectivity index (χ1) is 5.96. The number of rotatable bonds is 2. The van der Waals surface area contributed by atoms with Gasteiger partial charge >= 0.3 is 5.97 Å². The van der Waals surface area contributed by atoms with E-state index in [4.69, 9.17) is 5.11 Å². The molecule has 0 aromatic carbocycles. The molecule has 1 N–H and O–H groups in total. The SMILES string of the molecule is CC(C)N1CCCC(F)(C(=O)O)C1. The summed E-state index contributed by atoms with van der Waals surface area (Å²) in [6, 6.07) is 0.217. The van der Waals surface area contributed by atoms with Gasteiger partial charge in [0.15, 0.2) is 0 Å². The lowest BCUT2D eigenvalue weighted by molar-refractivity contribution is -0.155. The molecule has 1 rings (SSSR count). The second kappa shape index (κ2) is 3.62. The van der Waals surface area contributed by atoms with E-state index in [-0.39, 0.29) is 19.0 Å². The number of alkyl halides is 1. The average Bonchev–Trinajstić information content (AvgIpc) is 2.04. The molecule has 1 aliphatic rings. The molecule has 3 nitrogen and oxygen atoms in total. The molecule has 0 aromatic rings. The van der Waals surface area contributed by atoms with Crippen LogP contribution in [0.2, 0.25) is 0 Å². The van der Waals surface area contributed by atoms with Crippen LogP contribution in [0.15, 0.2) is 0 Å². The number of hydrogen-bond acceptors (Lipinski definition) is 2. The molecular weight excluding hydrogens is 173 g/mol. The summed E-state index contributed by atoms with van der Waals surface area (Å²) in [4.78, 5) is 12.5. The fourth-order valence-electron chi connectivity index (χ4n) is 1.66. The Balaban J connectivity index is 2.65. The van der Waals surface area contributed by atoms with Crippen LogP contribution in [0.3, 0.4) is 0 Å². The molecule has 1 heterocycles. The lowest BCUT2D eigenvalue weighted by Gasteiger charge is -2.36. The van der Waals surface area contributed by atoms with Crippen LogP contribution in [0.25, 0.3) is 0 Å². The van der Waals surface area contributed by atoms with Crippen LogP contribution < -0.4 is 0 Å². The second-order valence-corrected chi connectivity index (χ2v) is 3.94. The van der Waals surface area contributed by atoms with Crippen LogP contribution in [0, 0.1) is 0 Å². The van der Waals surface area contributed by atoms with Crippen LogP contribution in [0.1, 0.15) is 26.7 Å². The minimum absolute atomic E-state index is 0.0278. The molecule has 0 bridgehead atoms. The van der Waals surface area contributed by atoms with E-state index in [9.17, 15) is 9.18 Å². The maximum absolute atomic E-state index is 13.7. The van der Waals surface area contributed by atoms with Crippen LogP contribution in [0.5, 0.6) is 0 Å². The zero-order chi connectivity index (χ0) is 10.1. The normalized spacial score (nSPS) is 30.8. The van der Waals surface area contributed by atoms with Gasteiger partial charge in [-0.05, 0) is 33.2 Å². The monoisotopic (exact) mass is 189 g/mol. The predicted octanol–water partition coefficient (Wildman–Crippen LogP) is 1.28. The molecule has 13 heavy (non-hydrogen) atoms. The molecule has 0 aliphatic carbocycles. The molecule has 0 spiro atoms. The quantitative estimate of drug-likeness (QED) is 0.711. The highest BCUT2D eigenvalue weighted by atomic mass is 19.1. The fourth-order valence-corrected chi connectivity index (χ4v) is 1.66. The van der Waals surface area contributed by atoms with Gasteiger partial charge in [-0.15, -0.1) is 0 Å². The predicted molar refractivity (Wildman–Crippen MR) is 47.4 cm³/mol. The molecular formula is C9H16FNO2. The van der Waals surface area contributed by atoms with E-state index in [1.54, 1.807) is 0 Å². The average molecular weight is 189 g/mol. The van der Waals surface area contributed by atoms with Crippen molar-refractivity contribution >= 4 is 5.97 Å². The van der Waals surface area contributed by atoms with Crippen LogP contribution in [0.4, 0.5) is 4.39 Å². The summed E-state index contributed by atoms with van der Waals surface area (Å²) < 4.78 is 13.7. The van der Waals surface area contributed by atoms with Crippen molar-refractivity contribution < 1.29 is 14.3 Å². The Morgan fingerprint density at radius 3 is 2.69 bits per heavy atom. The van der Waals surface area contributed by atoms with E-state index in [2.05, 4.69) is 0 Å². The van der Waals surface area contributed by atoms with E-state index in [0.717, 1.165) is 6.54 Å². The van der Waals surface area contributed by atoms with E-state index in [1.807, 2.05) is 18.7 Å². The topological polar surface area (TPSA) is 40.5 Å². The van der Waals surface area contributed by atoms with Crippen LogP contribution in [-0.2, 0) is 4.79 Å². The lowest BCUT2D eigenvalue weighted by Crippen LogP contribution is -2.52. The first-order valence-electron chi connectivity index (χ1n) is 4.62. The summed E-state index contributed by atoms with van der Waals surface area (Å²) in [5.41, 5.74) is -2.03. The van der Waals surface area contributed by atoms with Gasteiger partial charge in [0.05, 0.1) is 0 Å². The first-order valence-corrected chi connectivity index (χ1v) is 4.62. The van der Waals surface area contributed by atoms with Crippen molar-refractivity contribution in [1.29, 1.82) is 0 Å². The number of carboxylic acids is 1. The zero-order valence-corrected chi connectivity index (χ0v) is 8.09. The van der Waals surface area contributed by atoms with E-state index < -0.39 is 11.6 Å². The highest BCUT2D eigenvalue weighted by Crippen LogP contribution is 2.26. The number of hydrogen-bond donors (Lipinski definition) is 1. The van der Waals surface area contributed by atoms with Crippen molar-refractivity contribution in [3.05, 3.63) is 0 Å². The van der Waals surface area contributed by atoms with Gasteiger partial charge in [0.25, 0.3) is 0 Å². The maximum atomic E-state index is 13.7. The van der Waals surface area contributed by atoms with Gasteiger partial charge in [0.1, 0.15) is 0 Å². The summed E-state index contributed by atoms with van der Waals surface area (Å²) in [5, 5.41) is 8.70. The summed E-state index contributed by atoms with van der Waals surface area (Å²) in [7, 11) is 0. The van der Waals surface area contributed by atoms with Crippen molar-refractivity contribution in [2.75, 3.05) is 13.1 Å². The van der Waals surface area contributed by atoms with Crippen molar-refractivity contribution in [3.8, 4) is 0 Å². The van der Waals surface area contributed by atoms with Gasteiger partial charge in [-0.2, -0.15) is 0 Å².